The van der Waals surface area contributed by atoms with E-state index in [2.05, 4.69) is 27.8 Å². The summed E-state index contributed by atoms with van der Waals surface area (Å²) in [5.74, 6) is 0.873. The number of rotatable bonds is 4. The van der Waals surface area contributed by atoms with Crippen LogP contribution >= 0.6 is 22.6 Å². The van der Waals surface area contributed by atoms with Crippen LogP contribution in [-0.4, -0.2) is 10.5 Å². The molecule has 0 radical (unpaired) electrons. The van der Waals surface area contributed by atoms with Crippen LogP contribution in [0, 0.1) is 10.8 Å². The molecule has 0 aromatic rings. The fourth-order valence-corrected chi connectivity index (χ4v) is 2.89. The molecule has 0 N–H and O–H groups in total. The summed E-state index contributed by atoms with van der Waals surface area (Å²) in [5, 5.41) is 2.87. The van der Waals surface area contributed by atoms with E-state index in [1.807, 2.05) is 0 Å². The van der Waals surface area contributed by atoms with Crippen molar-refractivity contribution in [3.8, 4) is 0 Å². The van der Waals surface area contributed by atoms with E-state index in [9.17, 15) is 4.91 Å². The van der Waals surface area contributed by atoms with Crippen molar-refractivity contribution in [3.63, 3.8) is 0 Å². The van der Waals surface area contributed by atoms with E-state index < -0.39 is 0 Å². The first-order chi connectivity index (χ1) is 5.34. The molecule has 1 fully saturated rings. The quantitative estimate of drug-likeness (QED) is 0.333. The van der Waals surface area contributed by atoms with Gasteiger partial charge in [0.05, 0.1) is 6.54 Å². The SMILES string of the molecule is O=NCCCC1CCCC1I. The van der Waals surface area contributed by atoms with Crippen LogP contribution < -0.4 is 0 Å². The summed E-state index contributed by atoms with van der Waals surface area (Å²) in [4.78, 5) is 9.81. The Kier molecular flexibility index (Phi) is 4.33. The molecule has 1 aliphatic rings. The van der Waals surface area contributed by atoms with Gasteiger partial charge in [0, 0.05) is 3.92 Å². The van der Waals surface area contributed by atoms with Crippen LogP contribution in [0.15, 0.2) is 5.18 Å². The highest BCUT2D eigenvalue weighted by molar-refractivity contribution is 14.1. The van der Waals surface area contributed by atoms with E-state index in [4.69, 9.17) is 0 Å². The predicted octanol–water partition coefficient (Wildman–Crippen LogP) is 3.14. The van der Waals surface area contributed by atoms with Crippen LogP contribution in [0.2, 0.25) is 0 Å². The second-order valence-electron chi connectivity index (χ2n) is 3.20. The molecular formula is C8H14INO. The number of hydrogen-bond donors (Lipinski definition) is 0. The van der Waals surface area contributed by atoms with Crippen molar-refractivity contribution >= 4 is 22.6 Å². The van der Waals surface area contributed by atoms with Crippen molar-refractivity contribution in [2.75, 3.05) is 6.54 Å². The smallest absolute Gasteiger partial charge is 0.0811 e. The average Bonchev–Trinajstić information content (AvgIpc) is 2.37. The summed E-state index contributed by atoms with van der Waals surface area (Å²) in [6.07, 6.45) is 6.33. The standard InChI is InChI=1S/C8H14INO/c9-8-5-1-3-7(8)4-2-6-10-11/h7-8H,1-6H2. The fraction of sp³-hybridized carbons (Fsp3) is 1.00. The van der Waals surface area contributed by atoms with Gasteiger partial charge in [0.2, 0.25) is 0 Å². The van der Waals surface area contributed by atoms with E-state index in [1.54, 1.807) is 0 Å². The first kappa shape index (κ1) is 9.42. The molecule has 0 saturated heterocycles. The molecule has 0 aromatic carbocycles. The summed E-state index contributed by atoms with van der Waals surface area (Å²) < 4.78 is 0.860. The van der Waals surface area contributed by atoms with E-state index in [-0.39, 0.29) is 0 Å². The van der Waals surface area contributed by atoms with Gasteiger partial charge in [-0.2, -0.15) is 4.91 Å². The number of nitrogens with zero attached hydrogens (tertiary/aromatic N) is 1. The van der Waals surface area contributed by atoms with Crippen LogP contribution in [0.25, 0.3) is 0 Å². The summed E-state index contributed by atoms with van der Waals surface area (Å²) >= 11 is 2.54. The molecular weight excluding hydrogens is 253 g/mol. The Morgan fingerprint density at radius 1 is 1.45 bits per heavy atom. The first-order valence-electron chi connectivity index (χ1n) is 4.28. The Morgan fingerprint density at radius 3 is 2.82 bits per heavy atom. The van der Waals surface area contributed by atoms with Crippen LogP contribution in [-0.2, 0) is 0 Å². The Labute approximate surface area is 81.2 Å². The third-order valence-corrected chi connectivity index (χ3v) is 4.03. The van der Waals surface area contributed by atoms with Crippen molar-refractivity contribution in [1.82, 2.24) is 0 Å². The maximum atomic E-state index is 9.81. The highest BCUT2D eigenvalue weighted by atomic mass is 127. The predicted molar refractivity (Wildman–Crippen MR) is 55.0 cm³/mol. The van der Waals surface area contributed by atoms with Crippen LogP contribution in [0.3, 0.4) is 0 Å². The molecule has 11 heavy (non-hydrogen) atoms. The van der Waals surface area contributed by atoms with Crippen LogP contribution in [0.4, 0.5) is 0 Å². The molecule has 0 bridgehead atoms. The molecule has 2 atom stereocenters. The number of halogens is 1. The minimum absolute atomic E-state index is 0.514. The lowest BCUT2D eigenvalue weighted by Gasteiger charge is -2.11. The number of alkyl halides is 1. The van der Waals surface area contributed by atoms with Gasteiger partial charge >= 0.3 is 0 Å². The number of hydrogen-bond acceptors (Lipinski definition) is 2. The highest BCUT2D eigenvalue weighted by Gasteiger charge is 2.23. The molecule has 0 aliphatic heterocycles. The lowest BCUT2D eigenvalue weighted by molar-refractivity contribution is 0.505. The van der Waals surface area contributed by atoms with Gasteiger partial charge in [-0.3, -0.25) is 0 Å². The second kappa shape index (κ2) is 5.06. The van der Waals surface area contributed by atoms with Crippen molar-refractivity contribution in [3.05, 3.63) is 4.91 Å². The fourth-order valence-electron chi connectivity index (χ4n) is 1.73. The normalized spacial score (nSPS) is 30.6. The monoisotopic (exact) mass is 267 g/mol. The Morgan fingerprint density at radius 2 is 2.27 bits per heavy atom. The number of nitroso groups, excluding NO2 is 1. The lowest BCUT2D eigenvalue weighted by atomic mass is 10.0. The average molecular weight is 267 g/mol. The molecule has 0 spiro atoms. The lowest BCUT2D eigenvalue weighted by Crippen LogP contribution is -2.06. The first-order valence-corrected chi connectivity index (χ1v) is 5.52. The topological polar surface area (TPSA) is 29.4 Å². The molecule has 1 saturated carbocycles. The highest BCUT2D eigenvalue weighted by Crippen LogP contribution is 2.34. The molecule has 0 heterocycles. The van der Waals surface area contributed by atoms with Gasteiger partial charge in [0.1, 0.15) is 0 Å². The summed E-state index contributed by atoms with van der Waals surface area (Å²) in [6, 6.07) is 0. The van der Waals surface area contributed by atoms with Crippen molar-refractivity contribution < 1.29 is 0 Å². The summed E-state index contributed by atoms with van der Waals surface area (Å²) in [6.45, 7) is 0.514. The molecule has 64 valence electrons. The van der Waals surface area contributed by atoms with Crippen LogP contribution in [0.5, 0.6) is 0 Å². The Balaban J connectivity index is 2.10. The Hall–Kier alpha value is 0.330. The molecule has 0 aromatic heterocycles. The van der Waals surface area contributed by atoms with Gasteiger partial charge < -0.3 is 0 Å². The van der Waals surface area contributed by atoms with Crippen LogP contribution in [0.1, 0.15) is 32.1 Å². The van der Waals surface area contributed by atoms with Gasteiger partial charge in [-0.25, -0.2) is 0 Å². The minimum Gasteiger partial charge on any atom is -0.151 e. The van der Waals surface area contributed by atoms with Gasteiger partial charge in [-0.1, -0.05) is 34.2 Å². The van der Waals surface area contributed by atoms with Gasteiger partial charge in [-0.05, 0) is 31.6 Å². The molecule has 1 aliphatic carbocycles. The second-order valence-corrected chi connectivity index (χ2v) is 4.80. The van der Waals surface area contributed by atoms with Crippen molar-refractivity contribution in [2.24, 2.45) is 11.1 Å². The van der Waals surface area contributed by atoms with Gasteiger partial charge in [0.25, 0.3) is 0 Å². The molecule has 1 rings (SSSR count). The zero-order valence-corrected chi connectivity index (χ0v) is 8.79. The molecule has 2 unspecified atom stereocenters. The zero-order valence-electron chi connectivity index (χ0n) is 6.63. The summed E-state index contributed by atoms with van der Waals surface area (Å²) in [5.41, 5.74) is 0. The maximum Gasteiger partial charge on any atom is 0.0811 e. The van der Waals surface area contributed by atoms with Gasteiger partial charge in [-0.15, -0.1) is 0 Å². The van der Waals surface area contributed by atoms with E-state index >= 15 is 0 Å². The largest absolute Gasteiger partial charge is 0.151 e. The zero-order chi connectivity index (χ0) is 8.10. The molecule has 0 amide bonds. The third-order valence-electron chi connectivity index (χ3n) is 2.39. The van der Waals surface area contributed by atoms with E-state index in [1.165, 1.54) is 25.7 Å². The molecule has 3 heteroatoms. The van der Waals surface area contributed by atoms with Crippen molar-refractivity contribution in [2.45, 2.75) is 36.0 Å². The van der Waals surface area contributed by atoms with E-state index in [0.29, 0.717) is 6.54 Å². The van der Waals surface area contributed by atoms with E-state index in [0.717, 1.165) is 16.3 Å². The minimum atomic E-state index is 0.514. The molecule has 2 nitrogen and oxygen atoms in total. The Bertz CT molecular complexity index is 129. The van der Waals surface area contributed by atoms with Gasteiger partial charge in [0.15, 0.2) is 0 Å². The summed E-state index contributed by atoms with van der Waals surface area (Å²) in [7, 11) is 0. The van der Waals surface area contributed by atoms with Crippen molar-refractivity contribution in [1.29, 1.82) is 0 Å². The maximum absolute atomic E-state index is 9.81. The third kappa shape index (κ3) is 3.05.